The second-order valence-corrected chi connectivity index (χ2v) is 3.40. The van der Waals surface area contributed by atoms with Crippen molar-refractivity contribution in [3.05, 3.63) is 0 Å². The van der Waals surface area contributed by atoms with Crippen molar-refractivity contribution in [3.8, 4) is 0 Å². The quantitative estimate of drug-likeness (QED) is 0.561. The molecule has 0 bridgehead atoms. The van der Waals surface area contributed by atoms with Gasteiger partial charge in [0.15, 0.2) is 0 Å². The molecule has 0 radical (unpaired) electrons. The summed E-state index contributed by atoms with van der Waals surface area (Å²) in [6, 6.07) is 0. The lowest BCUT2D eigenvalue weighted by molar-refractivity contribution is -0.130. The lowest BCUT2D eigenvalue weighted by atomic mass is 10.0. The fourth-order valence-electron chi connectivity index (χ4n) is 2.11. The predicted molar refractivity (Wildman–Crippen MR) is 42.1 cm³/mol. The Morgan fingerprint density at radius 2 is 2.45 bits per heavy atom. The summed E-state index contributed by atoms with van der Waals surface area (Å²) in [5.74, 6) is 1.26. The average Bonchev–Trinajstić information content (AvgIpc) is 2.53. The lowest BCUT2D eigenvalue weighted by Gasteiger charge is -2.13. The molecule has 0 aromatic heterocycles. The number of hydrogen-bond acceptors (Lipinski definition) is 2. The highest BCUT2D eigenvalue weighted by atomic mass is 16.2. The zero-order chi connectivity index (χ0) is 7.84. The van der Waals surface area contributed by atoms with Gasteiger partial charge in [0.25, 0.3) is 0 Å². The Labute approximate surface area is 66.8 Å². The molecule has 0 saturated carbocycles. The molecular formula is C8H14N2O. The van der Waals surface area contributed by atoms with Gasteiger partial charge in [-0.3, -0.25) is 4.79 Å². The van der Waals surface area contributed by atoms with Crippen molar-refractivity contribution >= 4 is 5.91 Å². The third-order valence-corrected chi connectivity index (χ3v) is 2.81. The fourth-order valence-corrected chi connectivity index (χ4v) is 2.11. The van der Waals surface area contributed by atoms with E-state index in [1.54, 1.807) is 0 Å². The van der Waals surface area contributed by atoms with Crippen LogP contribution < -0.4 is 5.32 Å². The van der Waals surface area contributed by atoms with E-state index in [0.29, 0.717) is 17.7 Å². The van der Waals surface area contributed by atoms with Crippen LogP contribution in [0.25, 0.3) is 0 Å². The molecule has 2 atom stereocenters. The van der Waals surface area contributed by atoms with Crippen LogP contribution in [0.2, 0.25) is 0 Å². The van der Waals surface area contributed by atoms with Crippen LogP contribution in [0.5, 0.6) is 0 Å². The topological polar surface area (TPSA) is 32.3 Å². The van der Waals surface area contributed by atoms with Crippen LogP contribution in [0.1, 0.15) is 6.92 Å². The van der Waals surface area contributed by atoms with Crippen LogP contribution >= 0.6 is 0 Å². The fraction of sp³-hybridized carbons (Fsp3) is 0.875. The minimum absolute atomic E-state index is 0.301. The second kappa shape index (κ2) is 2.48. The third kappa shape index (κ3) is 0.948. The van der Waals surface area contributed by atoms with Crippen LogP contribution in [0.3, 0.4) is 0 Å². The van der Waals surface area contributed by atoms with Crippen molar-refractivity contribution < 1.29 is 4.79 Å². The molecule has 2 heterocycles. The second-order valence-electron chi connectivity index (χ2n) is 3.40. The van der Waals surface area contributed by atoms with Crippen LogP contribution in [-0.2, 0) is 4.79 Å². The summed E-state index contributed by atoms with van der Waals surface area (Å²) in [4.78, 5) is 13.5. The van der Waals surface area contributed by atoms with E-state index in [9.17, 15) is 4.79 Å². The highest BCUT2D eigenvalue weighted by Gasteiger charge is 2.42. The van der Waals surface area contributed by atoms with E-state index in [-0.39, 0.29) is 0 Å². The summed E-state index contributed by atoms with van der Waals surface area (Å²) in [6.07, 6.45) is 0. The number of hydrogen-bond donors (Lipinski definition) is 1. The van der Waals surface area contributed by atoms with Gasteiger partial charge in [0.1, 0.15) is 0 Å². The van der Waals surface area contributed by atoms with E-state index in [4.69, 9.17) is 0 Å². The highest BCUT2D eigenvalue weighted by molar-refractivity contribution is 5.82. The Morgan fingerprint density at radius 3 is 3.09 bits per heavy atom. The van der Waals surface area contributed by atoms with Gasteiger partial charge in [-0.25, -0.2) is 0 Å². The van der Waals surface area contributed by atoms with E-state index in [1.165, 1.54) is 0 Å². The maximum absolute atomic E-state index is 11.5. The van der Waals surface area contributed by atoms with E-state index in [0.717, 1.165) is 26.2 Å². The van der Waals surface area contributed by atoms with Crippen molar-refractivity contribution in [3.63, 3.8) is 0 Å². The maximum atomic E-state index is 11.5. The van der Waals surface area contributed by atoms with Crippen LogP contribution in [-0.4, -0.2) is 37.0 Å². The summed E-state index contributed by atoms with van der Waals surface area (Å²) in [7, 11) is 0. The largest absolute Gasteiger partial charge is 0.342 e. The van der Waals surface area contributed by atoms with Crippen molar-refractivity contribution in [1.82, 2.24) is 10.2 Å². The first kappa shape index (κ1) is 7.10. The number of fused-ring (bicyclic) bond motifs is 1. The molecule has 0 aromatic carbocycles. The number of carbonyl (C=O) groups is 1. The van der Waals surface area contributed by atoms with Gasteiger partial charge in [-0.15, -0.1) is 0 Å². The predicted octanol–water partition coefficient (Wildman–Crippen LogP) is -0.316. The minimum atomic E-state index is 0.301. The van der Waals surface area contributed by atoms with E-state index >= 15 is 0 Å². The number of nitrogens with zero attached hydrogens (tertiary/aromatic N) is 1. The van der Waals surface area contributed by atoms with Crippen molar-refractivity contribution in [1.29, 1.82) is 0 Å². The van der Waals surface area contributed by atoms with Gasteiger partial charge in [0.05, 0.1) is 5.92 Å². The molecule has 0 unspecified atom stereocenters. The smallest absolute Gasteiger partial charge is 0.227 e. The molecule has 2 aliphatic heterocycles. The monoisotopic (exact) mass is 154 g/mol. The molecule has 0 aliphatic carbocycles. The molecule has 2 saturated heterocycles. The van der Waals surface area contributed by atoms with E-state index in [1.807, 2.05) is 11.8 Å². The summed E-state index contributed by atoms with van der Waals surface area (Å²) < 4.78 is 0. The molecule has 3 nitrogen and oxygen atoms in total. The summed E-state index contributed by atoms with van der Waals surface area (Å²) in [5.41, 5.74) is 0. The zero-order valence-electron chi connectivity index (χ0n) is 6.84. The molecule has 3 heteroatoms. The standard InChI is InChI=1S/C8H14N2O/c1-2-10-5-6-3-9-4-7(6)8(10)11/h6-7,9H,2-5H2,1H3/t6-,7+/m0/s1. The summed E-state index contributed by atoms with van der Waals surface area (Å²) in [6.45, 7) is 5.85. The maximum Gasteiger partial charge on any atom is 0.227 e. The molecule has 1 N–H and O–H groups in total. The zero-order valence-corrected chi connectivity index (χ0v) is 6.84. The Hall–Kier alpha value is -0.570. The van der Waals surface area contributed by atoms with E-state index < -0.39 is 0 Å². The molecular weight excluding hydrogens is 140 g/mol. The van der Waals surface area contributed by atoms with Gasteiger partial charge in [-0.1, -0.05) is 0 Å². The van der Waals surface area contributed by atoms with Gasteiger partial charge in [-0.2, -0.15) is 0 Å². The highest BCUT2D eigenvalue weighted by Crippen LogP contribution is 2.26. The van der Waals surface area contributed by atoms with Gasteiger partial charge in [0, 0.05) is 32.1 Å². The summed E-state index contributed by atoms with van der Waals surface area (Å²) in [5, 5.41) is 3.25. The molecule has 0 aromatic rings. The normalized spacial score (nSPS) is 36.5. The Morgan fingerprint density at radius 1 is 1.64 bits per heavy atom. The molecule has 2 aliphatic rings. The van der Waals surface area contributed by atoms with Crippen LogP contribution in [0.15, 0.2) is 0 Å². The van der Waals surface area contributed by atoms with Gasteiger partial charge < -0.3 is 10.2 Å². The number of rotatable bonds is 1. The van der Waals surface area contributed by atoms with Gasteiger partial charge >= 0.3 is 0 Å². The molecule has 2 fully saturated rings. The van der Waals surface area contributed by atoms with Crippen molar-refractivity contribution in [2.45, 2.75) is 6.92 Å². The number of carbonyl (C=O) groups excluding carboxylic acids is 1. The van der Waals surface area contributed by atoms with Gasteiger partial charge in [0.2, 0.25) is 5.91 Å². The molecule has 11 heavy (non-hydrogen) atoms. The Balaban J connectivity index is 2.10. The van der Waals surface area contributed by atoms with Crippen molar-refractivity contribution in [2.75, 3.05) is 26.2 Å². The third-order valence-electron chi connectivity index (χ3n) is 2.81. The van der Waals surface area contributed by atoms with Crippen molar-refractivity contribution in [2.24, 2.45) is 11.8 Å². The molecule has 1 amide bonds. The first-order valence-corrected chi connectivity index (χ1v) is 4.32. The Kier molecular flexibility index (Phi) is 1.60. The van der Waals surface area contributed by atoms with Gasteiger partial charge in [-0.05, 0) is 6.92 Å². The number of likely N-dealkylation sites (tertiary alicyclic amines) is 1. The van der Waals surface area contributed by atoms with Crippen LogP contribution in [0, 0.1) is 11.8 Å². The van der Waals surface area contributed by atoms with Crippen LogP contribution in [0.4, 0.5) is 0 Å². The Bertz CT molecular complexity index is 181. The molecule has 2 rings (SSSR count). The first-order chi connectivity index (χ1) is 5.33. The number of amides is 1. The average molecular weight is 154 g/mol. The first-order valence-electron chi connectivity index (χ1n) is 4.32. The lowest BCUT2D eigenvalue weighted by Crippen LogP contribution is -2.30. The molecule has 0 spiro atoms. The number of nitrogens with one attached hydrogen (secondary N) is 1. The molecule has 62 valence electrons. The summed E-state index contributed by atoms with van der Waals surface area (Å²) >= 11 is 0. The van der Waals surface area contributed by atoms with E-state index in [2.05, 4.69) is 5.32 Å². The SMILES string of the molecule is CCN1C[C@@H]2CNC[C@H]2C1=O. The minimum Gasteiger partial charge on any atom is -0.342 e.